The van der Waals surface area contributed by atoms with Gasteiger partial charge in [0.2, 0.25) is 0 Å². The van der Waals surface area contributed by atoms with Crippen molar-refractivity contribution in [2.24, 2.45) is 4.99 Å². The summed E-state index contributed by atoms with van der Waals surface area (Å²) >= 11 is 0. The quantitative estimate of drug-likeness (QED) is 0.0998. The van der Waals surface area contributed by atoms with E-state index < -0.39 is 95.4 Å². The molecule has 0 saturated carbocycles. The molecule has 0 bridgehead atoms. The van der Waals surface area contributed by atoms with Gasteiger partial charge in [0.25, 0.3) is 7.82 Å². The van der Waals surface area contributed by atoms with Crippen LogP contribution in [0.15, 0.2) is 4.99 Å². The van der Waals surface area contributed by atoms with Crippen LogP contribution in [-0.4, -0.2) is 122 Å². The number of hydrogen-bond acceptors (Lipinski definition) is 17. The van der Waals surface area contributed by atoms with Crippen LogP contribution in [0.5, 0.6) is 0 Å². The third-order valence-corrected chi connectivity index (χ3v) is 7.88. The topological polar surface area (TPSA) is 321 Å². The molecular formula is C15H21N2Na3O18P2. The van der Waals surface area contributed by atoms with Gasteiger partial charge in [0.1, 0.15) is 42.7 Å². The van der Waals surface area contributed by atoms with Crippen LogP contribution < -0.4 is 104 Å². The van der Waals surface area contributed by atoms with E-state index in [1.54, 1.807) is 0 Å². The largest absolute Gasteiger partial charge is 1.00 e. The van der Waals surface area contributed by atoms with Crippen molar-refractivity contribution >= 4 is 33.5 Å². The van der Waals surface area contributed by atoms with Gasteiger partial charge in [-0.15, -0.1) is 0 Å². The van der Waals surface area contributed by atoms with Crippen molar-refractivity contribution in [3.63, 3.8) is 0 Å². The molecule has 3 heterocycles. The number of phosphoric acid groups is 2. The number of hydrogen-bond donors (Lipinski definition) is 6. The van der Waals surface area contributed by atoms with Crippen molar-refractivity contribution in [3.05, 3.63) is 0 Å². The van der Waals surface area contributed by atoms with Gasteiger partial charge in [0, 0.05) is 6.54 Å². The fourth-order valence-corrected chi connectivity index (χ4v) is 5.61. The molecule has 20 nitrogen and oxygen atoms in total. The predicted octanol–water partition coefficient (Wildman–Crippen LogP) is -15.8. The normalized spacial score (nSPS) is 37.1. The Hall–Kier alpha value is 1.39. The second-order valence-electron chi connectivity index (χ2n) is 7.89. The van der Waals surface area contributed by atoms with Crippen molar-refractivity contribution in [1.82, 2.24) is 4.90 Å². The Morgan fingerprint density at radius 1 is 1.02 bits per heavy atom. The first kappa shape index (κ1) is 41.4. The monoisotopic (exact) mass is 648 g/mol. The molecule has 2 fully saturated rings. The molecule has 0 aromatic heterocycles. The van der Waals surface area contributed by atoms with Crippen LogP contribution in [0.2, 0.25) is 0 Å². The molecule has 0 aliphatic carbocycles. The van der Waals surface area contributed by atoms with Gasteiger partial charge in [-0.3, -0.25) is 14.0 Å². The van der Waals surface area contributed by atoms with Crippen molar-refractivity contribution < 1.29 is 176 Å². The fourth-order valence-electron chi connectivity index (χ4n) is 3.49. The van der Waals surface area contributed by atoms with Gasteiger partial charge >= 0.3 is 103 Å². The molecule has 212 valence electrons. The summed E-state index contributed by atoms with van der Waals surface area (Å²) in [5, 5.41) is 71.4. The Morgan fingerprint density at radius 3 is 2.17 bits per heavy atom. The van der Waals surface area contributed by atoms with Crippen LogP contribution >= 0.6 is 15.6 Å². The van der Waals surface area contributed by atoms with E-state index in [0.717, 1.165) is 4.90 Å². The zero-order valence-corrected chi connectivity index (χ0v) is 29.0. The van der Waals surface area contributed by atoms with Crippen molar-refractivity contribution in [2.45, 2.75) is 61.7 Å². The standard InChI is InChI=1S/C15H24N2O18P2.3Na/c18-5-1-2-17(15(26)16-5)12-9(22)6(19)4(32-12)3-31-36(27,28)35-37(29,30)34-14-10(23)7(20)8(21)11(33-14)13(24)25;;;/h4,6-12,14,19-23H,1-3H2,(H,24,25)(H,27,28)(H,29,30)(H,16,18,26);;;/q;3*+1/p-3/t4-,6-,7+,8+,9-,10-,11+,12-,14?;;;/m1.../s1. The number of phosphoric ester groups is 2. The van der Waals surface area contributed by atoms with Crippen molar-refractivity contribution in [2.75, 3.05) is 13.2 Å². The summed E-state index contributed by atoms with van der Waals surface area (Å²) in [5.74, 6) is -2.83. The van der Waals surface area contributed by atoms with Crippen molar-refractivity contribution in [1.29, 1.82) is 0 Å². The number of carboxylic acids is 1. The van der Waals surface area contributed by atoms with E-state index in [1.165, 1.54) is 0 Å². The molecule has 2 amide bonds. The molecular weight excluding hydrogens is 627 g/mol. The third-order valence-electron chi connectivity index (χ3n) is 5.32. The molecule has 3 aliphatic heterocycles. The summed E-state index contributed by atoms with van der Waals surface area (Å²) in [6.07, 6.45) is -18.7. The minimum Gasteiger partial charge on any atom is -0.862 e. The average molecular weight is 648 g/mol. The minimum absolute atomic E-state index is 0. The molecule has 0 aromatic rings. The Balaban J connectivity index is 0.00000507. The summed E-state index contributed by atoms with van der Waals surface area (Å²) in [6, 6.07) is -1.07. The first-order chi connectivity index (χ1) is 17.0. The van der Waals surface area contributed by atoms with Crippen LogP contribution in [0.3, 0.4) is 0 Å². The molecule has 25 heteroatoms. The van der Waals surface area contributed by atoms with E-state index in [1.807, 2.05) is 0 Å². The summed E-state index contributed by atoms with van der Waals surface area (Å²) in [5.41, 5.74) is 0. The third kappa shape index (κ3) is 10.2. The minimum atomic E-state index is -5.82. The number of aliphatic hydroxyl groups excluding tert-OH is 5. The first-order valence-corrected chi connectivity index (χ1v) is 13.1. The maximum Gasteiger partial charge on any atom is 1.00 e. The maximum atomic E-state index is 12.1. The molecule has 3 rings (SSSR count). The van der Waals surface area contributed by atoms with Gasteiger partial charge in [0.15, 0.2) is 12.5 Å². The number of aliphatic imine (C=N–C) groups is 1. The summed E-state index contributed by atoms with van der Waals surface area (Å²) in [6.45, 7) is -1.36. The fraction of sp³-hybridized carbons (Fsp3) is 0.800. The Morgan fingerprint density at radius 2 is 1.62 bits per heavy atom. The Kier molecular flexibility index (Phi) is 17.2. The Bertz CT molecular complexity index is 1020. The van der Waals surface area contributed by atoms with Gasteiger partial charge in [-0.05, 0) is 12.3 Å². The van der Waals surface area contributed by atoms with Crippen LogP contribution in [-0.2, 0) is 36.8 Å². The van der Waals surface area contributed by atoms with Gasteiger partial charge < -0.3 is 64.3 Å². The second kappa shape index (κ2) is 16.6. The first-order valence-electron chi connectivity index (χ1n) is 10.2. The predicted molar refractivity (Wildman–Crippen MR) is 102 cm³/mol. The summed E-state index contributed by atoms with van der Waals surface area (Å²) < 4.78 is 46.3. The number of rotatable bonds is 9. The molecule has 40 heavy (non-hydrogen) atoms. The second-order valence-corrected chi connectivity index (χ2v) is 10.8. The van der Waals surface area contributed by atoms with Crippen LogP contribution in [0.1, 0.15) is 6.42 Å². The zero-order chi connectivity index (χ0) is 27.9. The zero-order valence-electron chi connectivity index (χ0n) is 21.2. The van der Waals surface area contributed by atoms with Gasteiger partial charge in [0.05, 0.1) is 12.6 Å². The number of nitrogens with zero attached hydrogens (tertiary/aromatic N) is 2. The van der Waals surface area contributed by atoms with Crippen molar-refractivity contribution in [3.8, 4) is 0 Å². The van der Waals surface area contributed by atoms with E-state index in [-0.39, 0.29) is 102 Å². The van der Waals surface area contributed by atoms with Gasteiger partial charge in [-0.1, -0.05) is 0 Å². The smallest absolute Gasteiger partial charge is 0.862 e. The van der Waals surface area contributed by atoms with Gasteiger partial charge in [-0.2, -0.15) is 0 Å². The molecule has 11 atom stereocenters. The number of carboxylic acid groups (broad SMARTS) is 1. The molecule has 3 unspecified atom stereocenters. The van der Waals surface area contributed by atoms with Gasteiger partial charge in [-0.25, -0.2) is 18.7 Å². The van der Waals surface area contributed by atoms with E-state index in [4.69, 9.17) is 4.74 Å². The number of carbonyl (C=O) groups excluding carboxylic acids is 2. The number of urea groups is 1. The van der Waals surface area contributed by atoms with Crippen LogP contribution in [0, 0.1) is 0 Å². The summed E-state index contributed by atoms with van der Waals surface area (Å²) in [4.78, 5) is 48.5. The number of aliphatic carboxylic acids is 1. The van der Waals surface area contributed by atoms with E-state index in [9.17, 15) is 64.3 Å². The number of ether oxygens (including phenoxy) is 2. The number of aliphatic hydroxyl groups is 5. The van der Waals surface area contributed by atoms with E-state index >= 15 is 0 Å². The average Bonchev–Trinajstić information content (AvgIpc) is 3.05. The SMILES string of the molecule is O=C([O-])[C@H]1OC(OP(=O)(O)OP(=O)([O-])OC[C@H]2O[C@@H](N3CCC([O-])=NC3=O)[C@H](O)[C@@H]2O)[C@H](O)[C@@H](O)[C@@H]1O.[Na+].[Na+].[Na+]. The maximum absolute atomic E-state index is 12.1. The number of carbonyl (C=O) groups is 2. The number of amides is 2. The molecule has 0 aromatic carbocycles. The molecule has 0 radical (unpaired) electrons. The molecule has 0 spiro atoms. The van der Waals surface area contributed by atoms with E-state index in [2.05, 4.69) is 23.1 Å². The molecule has 6 N–H and O–H groups in total. The Labute approximate surface area is 291 Å². The summed E-state index contributed by atoms with van der Waals surface area (Å²) in [7, 11) is -11.6. The van der Waals surface area contributed by atoms with Crippen LogP contribution in [0.25, 0.3) is 0 Å². The van der Waals surface area contributed by atoms with Crippen LogP contribution in [0.4, 0.5) is 4.79 Å². The molecule has 2 saturated heterocycles. The van der Waals surface area contributed by atoms with E-state index in [0.29, 0.717) is 0 Å². The molecule has 3 aliphatic rings.